The third kappa shape index (κ3) is 3.79. The van der Waals surface area contributed by atoms with E-state index in [2.05, 4.69) is 21.4 Å². The van der Waals surface area contributed by atoms with E-state index in [-0.39, 0.29) is 5.91 Å². The summed E-state index contributed by atoms with van der Waals surface area (Å²) in [6.45, 7) is 8.03. The second-order valence-electron chi connectivity index (χ2n) is 7.33. The van der Waals surface area contributed by atoms with Crippen LogP contribution in [0.25, 0.3) is 10.9 Å². The molecule has 3 aromatic rings. The average Bonchev–Trinajstić information content (AvgIpc) is 2.81. The third-order valence-electron chi connectivity index (χ3n) is 5.46. The van der Waals surface area contributed by atoms with Crippen LogP contribution in [0.2, 0.25) is 0 Å². The second-order valence-corrected chi connectivity index (χ2v) is 7.33. The molecule has 2 heterocycles. The van der Waals surface area contributed by atoms with E-state index in [1.807, 2.05) is 31.2 Å². The van der Waals surface area contributed by atoms with Crippen LogP contribution in [0.4, 0.5) is 11.5 Å². The number of nitrogens with zero attached hydrogens (tertiary/aromatic N) is 4. The van der Waals surface area contributed by atoms with Crippen LogP contribution in [0, 0.1) is 12.3 Å². The zero-order valence-corrected chi connectivity index (χ0v) is 17.3. The molecule has 0 atom stereocenters. The Labute approximate surface area is 180 Å². The first-order valence-corrected chi connectivity index (χ1v) is 10.0. The largest absolute Gasteiger partial charge is 0.454 e. The Morgan fingerprint density at radius 2 is 1.97 bits per heavy atom. The van der Waals surface area contributed by atoms with Gasteiger partial charge in [0.25, 0.3) is 0 Å². The molecule has 1 fully saturated rings. The predicted octanol–water partition coefficient (Wildman–Crippen LogP) is 3.14. The van der Waals surface area contributed by atoms with Gasteiger partial charge in [-0.15, -0.1) is 0 Å². The standard InChI is InChI=1S/C23H24N6O2/c1-3-20(30)28-9-11-29(12-10-28)23-16-5-4-6-19(21(16)26-14-27-23)31-22-15(2)7-8-18(25)17(22)13-24/h3-8,13-14,24H,1,9-12,25H2,2H3. The summed E-state index contributed by atoms with van der Waals surface area (Å²) in [6, 6.07) is 9.34. The number of carbonyl (C=O) groups is 1. The molecule has 0 saturated carbocycles. The molecule has 1 saturated heterocycles. The highest BCUT2D eigenvalue weighted by Gasteiger charge is 2.22. The fraction of sp³-hybridized carbons (Fsp3) is 0.217. The SMILES string of the molecule is C=CC(=O)N1CCN(c2ncnc3c(Oc4c(C)ccc(N)c4C=N)cccc23)CC1. The summed E-state index contributed by atoms with van der Waals surface area (Å²) < 4.78 is 6.23. The highest BCUT2D eigenvalue weighted by Crippen LogP contribution is 2.36. The van der Waals surface area contributed by atoms with Crippen molar-refractivity contribution in [1.82, 2.24) is 14.9 Å². The lowest BCUT2D eigenvalue weighted by Crippen LogP contribution is -2.48. The lowest BCUT2D eigenvalue weighted by atomic mass is 10.1. The van der Waals surface area contributed by atoms with E-state index in [9.17, 15) is 4.79 Å². The van der Waals surface area contributed by atoms with Gasteiger partial charge >= 0.3 is 0 Å². The van der Waals surface area contributed by atoms with Crippen LogP contribution in [-0.2, 0) is 4.79 Å². The Morgan fingerprint density at radius 3 is 2.68 bits per heavy atom. The first kappa shape index (κ1) is 20.3. The zero-order chi connectivity index (χ0) is 22.0. The second kappa shape index (κ2) is 8.43. The normalized spacial score (nSPS) is 13.8. The molecule has 1 aliphatic rings. The monoisotopic (exact) mass is 416 g/mol. The number of rotatable bonds is 5. The lowest BCUT2D eigenvalue weighted by Gasteiger charge is -2.35. The van der Waals surface area contributed by atoms with E-state index >= 15 is 0 Å². The van der Waals surface area contributed by atoms with Gasteiger partial charge in [0, 0.05) is 43.5 Å². The molecule has 1 amide bonds. The summed E-state index contributed by atoms with van der Waals surface area (Å²) >= 11 is 0. The van der Waals surface area contributed by atoms with E-state index in [1.165, 1.54) is 18.6 Å². The van der Waals surface area contributed by atoms with Gasteiger partial charge in [-0.05, 0) is 36.8 Å². The van der Waals surface area contributed by atoms with Crippen LogP contribution < -0.4 is 15.4 Å². The number of amides is 1. The van der Waals surface area contributed by atoms with Crippen LogP contribution in [0.1, 0.15) is 11.1 Å². The quantitative estimate of drug-likeness (QED) is 0.376. The van der Waals surface area contributed by atoms with Crippen molar-refractivity contribution < 1.29 is 9.53 Å². The smallest absolute Gasteiger partial charge is 0.246 e. The van der Waals surface area contributed by atoms with Gasteiger partial charge in [0.15, 0.2) is 5.75 Å². The topological polar surface area (TPSA) is 108 Å². The number of hydrogen-bond donors (Lipinski definition) is 2. The number of nitrogens with one attached hydrogen (secondary N) is 1. The van der Waals surface area contributed by atoms with Crippen LogP contribution >= 0.6 is 0 Å². The Balaban J connectivity index is 1.69. The Morgan fingerprint density at radius 1 is 1.19 bits per heavy atom. The number of aromatic nitrogens is 2. The average molecular weight is 416 g/mol. The maximum atomic E-state index is 11.9. The predicted molar refractivity (Wildman–Crippen MR) is 122 cm³/mol. The maximum Gasteiger partial charge on any atom is 0.246 e. The molecule has 1 aromatic heterocycles. The van der Waals surface area contributed by atoms with Gasteiger partial charge in [-0.25, -0.2) is 9.97 Å². The minimum absolute atomic E-state index is 0.0533. The summed E-state index contributed by atoms with van der Waals surface area (Å²) in [5, 5.41) is 8.59. The summed E-state index contributed by atoms with van der Waals surface area (Å²) in [6.07, 6.45) is 4.07. The number of aryl methyl sites for hydroxylation is 1. The number of ether oxygens (including phenoxy) is 1. The number of hydrogen-bond acceptors (Lipinski definition) is 7. The minimum Gasteiger partial charge on any atom is -0.454 e. The van der Waals surface area contributed by atoms with Gasteiger partial charge in [-0.2, -0.15) is 0 Å². The minimum atomic E-state index is -0.0533. The molecular weight excluding hydrogens is 392 g/mol. The van der Waals surface area contributed by atoms with Crippen molar-refractivity contribution >= 4 is 34.5 Å². The van der Waals surface area contributed by atoms with Gasteiger partial charge in [-0.1, -0.05) is 18.7 Å². The van der Waals surface area contributed by atoms with Crippen molar-refractivity contribution in [2.45, 2.75) is 6.92 Å². The summed E-state index contributed by atoms with van der Waals surface area (Å²) in [4.78, 5) is 24.8. The van der Waals surface area contributed by atoms with Gasteiger partial charge in [0.2, 0.25) is 5.91 Å². The maximum absolute atomic E-state index is 11.9. The number of nitrogens with two attached hydrogens (primary N) is 1. The number of piperazine rings is 1. The lowest BCUT2D eigenvalue weighted by molar-refractivity contribution is -0.126. The Bertz CT molecular complexity index is 1170. The van der Waals surface area contributed by atoms with Crippen LogP contribution in [0.5, 0.6) is 11.5 Å². The number of carbonyl (C=O) groups excluding carboxylic acids is 1. The first-order valence-electron chi connectivity index (χ1n) is 10.0. The van der Waals surface area contributed by atoms with Crippen LogP contribution in [-0.4, -0.2) is 53.2 Å². The van der Waals surface area contributed by atoms with E-state index in [0.29, 0.717) is 54.4 Å². The third-order valence-corrected chi connectivity index (χ3v) is 5.46. The van der Waals surface area contributed by atoms with E-state index in [1.54, 1.807) is 11.0 Å². The molecule has 3 N–H and O–H groups in total. The molecule has 158 valence electrons. The number of fused-ring (bicyclic) bond motifs is 1. The van der Waals surface area contributed by atoms with Crippen molar-refractivity contribution in [2.24, 2.45) is 0 Å². The zero-order valence-electron chi connectivity index (χ0n) is 17.3. The molecule has 0 aliphatic carbocycles. The Hall–Kier alpha value is -3.94. The van der Waals surface area contributed by atoms with Crippen molar-refractivity contribution in [3.05, 3.63) is 60.4 Å². The van der Waals surface area contributed by atoms with E-state index < -0.39 is 0 Å². The highest BCUT2D eigenvalue weighted by atomic mass is 16.5. The first-order chi connectivity index (χ1) is 15.0. The molecule has 8 heteroatoms. The van der Waals surface area contributed by atoms with Crippen LogP contribution in [0.3, 0.4) is 0 Å². The molecule has 8 nitrogen and oxygen atoms in total. The van der Waals surface area contributed by atoms with Gasteiger partial charge in [0.05, 0.1) is 5.56 Å². The molecule has 0 radical (unpaired) electrons. The number of para-hydroxylation sites is 1. The van der Waals surface area contributed by atoms with Crippen molar-refractivity contribution in [2.75, 3.05) is 36.8 Å². The van der Waals surface area contributed by atoms with Crippen LogP contribution in [0.15, 0.2) is 49.3 Å². The molecule has 2 aromatic carbocycles. The van der Waals surface area contributed by atoms with E-state index in [4.69, 9.17) is 15.9 Å². The fourth-order valence-electron chi connectivity index (χ4n) is 3.77. The number of anilines is 2. The summed E-state index contributed by atoms with van der Waals surface area (Å²) in [5.74, 6) is 1.86. The number of nitrogen functional groups attached to an aromatic ring is 1. The van der Waals surface area contributed by atoms with Gasteiger partial charge < -0.3 is 25.7 Å². The molecule has 0 unspecified atom stereocenters. The van der Waals surface area contributed by atoms with Crippen molar-refractivity contribution in [3.63, 3.8) is 0 Å². The molecular formula is C23H24N6O2. The van der Waals surface area contributed by atoms with Crippen molar-refractivity contribution in [1.29, 1.82) is 5.41 Å². The summed E-state index contributed by atoms with van der Waals surface area (Å²) in [5.41, 5.74) is 8.61. The molecule has 0 bridgehead atoms. The Kier molecular flexibility index (Phi) is 5.53. The molecule has 4 rings (SSSR count). The van der Waals surface area contributed by atoms with Gasteiger partial charge in [-0.3, -0.25) is 4.79 Å². The number of benzene rings is 2. The van der Waals surface area contributed by atoms with E-state index in [0.717, 1.165) is 16.8 Å². The van der Waals surface area contributed by atoms with Crippen molar-refractivity contribution in [3.8, 4) is 11.5 Å². The molecule has 1 aliphatic heterocycles. The van der Waals surface area contributed by atoms with Gasteiger partial charge in [0.1, 0.15) is 23.4 Å². The molecule has 31 heavy (non-hydrogen) atoms. The fourth-order valence-corrected chi connectivity index (χ4v) is 3.77. The highest BCUT2D eigenvalue weighted by molar-refractivity contribution is 5.94. The summed E-state index contributed by atoms with van der Waals surface area (Å²) in [7, 11) is 0. The molecule has 0 spiro atoms.